The first-order valence-corrected chi connectivity index (χ1v) is 5.23. The molecule has 17 heavy (non-hydrogen) atoms. The quantitative estimate of drug-likeness (QED) is 0.848. The van der Waals surface area contributed by atoms with Gasteiger partial charge in [-0.05, 0) is 13.0 Å². The van der Waals surface area contributed by atoms with Crippen molar-refractivity contribution in [3.05, 3.63) is 28.0 Å². The van der Waals surface area contributed by atoms with Crippen LogP contribution in [0.25, 0.3) is 0 Å². The average Bonchev–Trinajstić information content (AvgIpc) is 2.28. The molecule has 0 spiro atoms. The Bertz CT molecular complexity index is 427. The van der Waals surface area contributed by atoms with E-state index in [1.807, 2.05) is 0 Å². The number of hydrogen-bond donors (Lipinski definition) is 1. The number of carbonyl (C=O) groups is 1. The molecule has 1 aromatic rings. The number of esters is 1. The second-order valence-corrected chi connectivity index (χ2v) is 3.49. The van der Waals surface area contributed by atoms with Gasteiger partial charge in [0.1, 0.15) is 11.4 Å². The molecule has 0 atom stereocenters. The van der Waals surface area contributed by atoms with Gasteiger partial charge >= 0.3 is 5.97 Å². The van der Waals surface area contributed by atoms with Crippen LogP contribution >= 0.6 is 11.6 Å². The van der Waals surface area contributed by atoms with Crippen molar-refractivity contribution in [1.29, 1.82) is 0 Å². The van der Waals surface area contributed by atoms with E-state index in [1.54, 1.807) is 6.92 Å². The highest BCUT2D eigenvalue weighted by Gasteiger charge is 2.21. The molecule has 0 aliphatic rings. The number of alkyl halides is 2. The fourth-order valence-corrected chi connectivity index (χ4v) is 1.53. The van der Waals surface area contributed by atoms with Gasteiger partial charge in [0.2, 0.25) is 0 Å². The third kappa shape index (κ3) is 3.10. The highest BCUT2D eigenvalue weighted by molar-refractivity contribution is 6.31. The van der Waals surface area contributed by atoms with Crippen LogP contribution in [0.5, 0.6) is 0 Å². The highest BCUT2D eigenvalue weighted by Crippen LogP contribution is 2.27. The van der Waals surface area contributed by atoms with E-state index in [0.717, 1.165) is 0 Å². The molecule has 0 radical (unpaired) electrons. The standard InChI is InChI=1S/C10H11ClF2N2O2/c1-2-17-10(16)7-3-6(11)5(4-14)8(15-7)9(12)13/h3,9H,2,4,14H2,1H3. The Morgan fingerprint density at radius 3 is 2.76 bits per heavy atom. The van der Waals surface area contributed by atoms with E-state index in [9.17, 15) is 13.6 Å². The maximum Gasteiger partial charge on any atom is 0.356 e. The van der Waals surface area contributed by atoms with E-state index < -0.39 is 18.1 Å². The number of hydrogen-bond acceptors (Lipinski definition) is 4. The normalized spacial score (nSPS) is 10.7. The topological polar surface area (TPSA) is 65.2 Å². The monoisotopic (exact) mass is 264 g/mol. The first kappa shape index (κ1) is 13.8. The highest BCUT2D eigenvalue weighted by atomic mass is 35.5. The Kier molecular flexibility index (Phi) is 4.77. The summed E-state index contributed by atoms with van der Waals surface area (Å²) in [6.45, 7) is 1.55. The van der Waals surface area contributed by atoms with Gasteiger partial charge in [-0.1, -0.05) is 11.6 Å². The van der Waals surface area contributed by atoms with Crippen LogP contribution < -0.4 is 5.73 Å². The van der Waals surface area contributed by atoms with Crippen LogP contribution in [-0.2, 0) is 11.3 Å². The van der Waals surface area contributed by atoms with E-state index in [-0.39, 0.29) is 29.4 Å². The van der Waals surface area contributed by atoms with Crippen molar-refractivity contribution in [2.24, 2.45) is 5.73 Å². The van der Waals surface area contributed by atoms with Crippen molar-refractivity contribution in [3.63, 3.8) is 0 Å². The number of rotatable bonds is 4. The molecule has 0 saturated carbocycles. The van der Waals surface area contributed by atoms with Crippen LogP contribution in [0.1, 0.15) is 35.1 Å². The zero-order valence-corrected chi connectivity index (χ0v) is 9.80. The minimum Gasteiger partial charge on any atom is -0.461 e. The van der Waals surface area contributed by atoms with E-state index in [4.69, 9.17) is 17.3 Å². The second-order valence-electron chi connectivity index (χ2n) is 3.08. The van der Waals surface area contributed by atoms with Gasteiger partial charge < -0.3 is 10.5 Å². The molecule has 1 aromatic heterocycles. The number of nitrogens with zero attached hydrogens (tertiary/aromatic N) is 1. The fourth-order valence-electron chi connectivity index (χ4n) is 1.25. The number of halogens is 3. The molecule has 1 heterocycles. The SMILES string of the molecule is CCOC(=O)c1cc(Cl)c(CN)c(C(F)F)n1. The summed E-state index contributed by atoms with van der Waals surface area (Å²) < 4.78 is 30.0. The first-order valence-electron chi connectivity index (χ1n) is 4.85. The molecule has 7 heteroatoms. The summed E-state index contributed by atoms with van der Waals surface area (Å²) >= 11 is 5.76. The fraction of sp³-hybridized carbons (Fsp3) is 0.400. The lowest BCUT2D eigenvalue weighted by molar-refractivity contribution is 0.0518. The molecule has 0 saturated heterocycles. The number of pyridine rings is 1. The smallest absolute Gasteiger partial charge is 0.356 e. The summed E-state index contributed by atoms with van der Waals surface area (Å²) in [5.74, 6) is -0.792. The molecule has 0 aliphatic carbocycles. The van der Waals surface area contributed by atoms with Crippen molar-refractivity contribution in [2.75, 3.05) is 6.61 Å². The van der Waals surface area contributed by atoms with Gasteiger partial charge in [0.15, 0.2) is 0 Å². The summed E-state index contributed by atoms with van der Waals surface area (Å²) in [6, 6.07) is 1.17. The third-order valence-corrected chi connectivity index (χ3v) is 2.33. The molecule has 0 unspecified atom stereocenters. The molecule has 0 bridgehead atoms. The molecule has 0 fully saturated rings. The Hall–Kier alpha value is -1.27. The first-order chi connectivity index (χ1) is 8.01. The number of ether oxygens (including phenoxy) is 1. The van der Waals surface area contributed by atoms with Crippen molar-refractivity contribution in [3.8, 4) is 0 Å². The molecule has 2 N–H and O–H groups in total. The predicted molar refractivity (Wildman–Crippen MR) is 58.1 cm³/mol. The lowest BCUT2D eigenvalue weighted by Gasteiger charge is -2.10. The number of carbonyl (C=O) groups excluding carboxylic acids is 1. The van der Waals surface area contributed by atoms with Crippen LogP contribution in [0.3, 0.4) is 0 Å². The molecular formula is C10H11ClF2N2O2. The predicted octanol–water partition coefficient (Wildman–Crippen LogP) is 2.31. The van der Waals surface area contributed by atoms with Crippen LogP contribution in [0, 0.1) is 0 Å². The molecule has 0 aliphatic heterocycles. The molecular weight excluding hydrogens is 254 g/mol. The molecule has 4 nitrogen and oxygen atoms in total. The molecule has 94 valence electrons. The number of aromatic nitrogens is 1. The summed E-state index contributed by atoms with van der Waals surface area (Å²) in [6.07, 6.45) is -2.85. The summed E-state index contributed by atoms with van der Waals surface area (Å²) in [4.78, 5) is 14.9. The van der Waals surface area contributed by atoms with Crippen LogP contribution in [-0.4, -0.2) is 17.6 Å². The van der Waals surface area contributed by atoms with Crippen molar-refractivity contribution >= 4 is 17.6 Å². The van der Waals surface area contributed by atoms with E-state index in [1.165, 1.54) is 6.07 Å². The van der Waals surface area contributed by atoms with Gasteiger partial charge in [-0.15, -0.1) is 0 Å². The van der Waals surface area contributed by atoms with Crippen LogP contribution in [0.4, 0.5) is 8.78 Å². The summed E-state index contributed by atoms with van der Waals surface area (Å²) in [7, 11) is 0. The molecule has 0 amide bonds. The van der Waals surface area contributed by atoms with Gasteiger partial charge in [0, 0.05) is 17.1 Å². The van der Waals surface area contributed by atoms with Crippen LogP contribution in [0.15, 0.2) is 6.07 Å². The largest absolute Gasteiger partial charge is 0.461 e. The summed E-state index contributed by atoms with van der Waals surface area (Å²) in [5, 5.41) is -0.0131. The van der Waals surface area contributed by atoms with Crippen molar-refractivity contribution in [1.82, 2.24) is 4.98 Å². The van der Waals surface area contributed by atoms with Gasteiger partial charge in [-0.2, -0.15) is 0 Å². The zero-order valence-electron chi connectivity index (χ0n) is 9.04. The van der Waals surface area contributed by atoms with Gasteiger partial charge in [0.25, 0.3) is 6.43 Å². The van der Waals surface area contributed by atoms with Crippen molar-refractivity contribution in [2.45, 2.75) is 19.9 Å². The van der Waals surface area contributed by atoms with E-state index in [2.05, 4.69) is 9.72 Å². The second kappa shape index (κ2) is 5.88. The minimum absolute atomic E-state index is 0.0131. The van der Waals surface area contributed by atoms with Gasteiger partial charge in [-0.25, -0.2) is 18.6 Å². The van der Waals surface area contributed by atoms with Gasteiger partial charge in [0.05, 0.1) is 6.61 Å². The van der Waals surface area contributed by atoms with E-state index >= 15 is 0 Å². The zero-order chi connectivity index (χ0) is 13.0. The van der Waals surface area contributed by atoms with Gasteiger partial charge in [-0.3, -0.25) is 0 Å². The Morgan fingerprint density at radius 2 is 2.29 bits per heavy atom. The Balaban J connectivity index is 3.24. The minimum atomic E-state index is -2.85. The van der Waals surface area contributed by atoms with Crippen molar-refractivity contribution < 1.29 is 18.3 Å². The van der Waals surface area contributed by atoms with E-state index in [0.29, 0.717) is 0 Å². The number of nitrogens with two attached hydrogens (primary N) is 1. The Morgan fingerprint density at radius 1 is 1.65 bits per heavy atom. The summed E-state index contributed by atoms with van der Waals surface area (Å²) in [5.41, 5.74) is 4.51. The lowest BCUT2D eigenvalue weighted by Crippen LogP contribution is -2.12. The molecule has 1 rings (SSSR count). The maximum absolute atomic E-state index is 12.7. The average molecular weight is 265 g/mol. The Labute approximate surface area is 102 Å². The maximum atomic E-state index is 12.7. The molecule has 0 aromatic carbocycles. The third-order valence-electron chi connectivity index (χ3n) is 2.00. The lowest BCUT2D eigenvalue weighted by atomic mass is 10.1. The van der Waals surface area contributed by atoms with Crippen LogP contribution in [0.2, 0.25) is 5.02 Å².